The van der Waals surface area contributed by atoms with Crippen LogP contribution in [-0.4, -0.2) is 10.9 Å². The molecular formula is C12H12N2OS. The fourth-order valence-electron chi connectivity index (χ4n) is 1.37. The normalized spacial score (nSPS) is 10.1. The van der Waals surface area contributed by atoms with Crippen LogP contribution in [0.3, 0.4) is 0 Å². The number of nitrogens with zero attached hydrogens (tertiary/aromatic N) is 1. The van der Waals surface area contributed by atoms with Crippen molar-refractivity contribution in [3.63, 3.8) is 0 Å². The molecule has 2 heterocycles. The van der Waals surface area contributed by atoms with Crippen LogP contribution in [0, 0.1) is 6.92 Å². The molecule has 2 aromatic heterocycles. The molecule has 16 heavy (non-hydrogen) atoms. The Kier molecular flexibility index (Phi) is 3.31. The first-order valence-corrected chi connectivity index (χ1v) is 5.92. The summed E-state index contributed by atoms with van der Waals surface area (Å²) in [6, 6.07) is 5.73. The van der Waals surface area contributed by atoms with E-state index in [2.05, 4.69) is 10.3 Å². The van der Waals surface area contributed by atoms with E-state index in [1.54, 1.807) is 17.5 Å². The Bertz CT molecular complexity index is 480. The molecule has 3 nitrogen and oxygen atoms in total. The maximum absolute atomic E-state index is 11.7. The number of aryl methyl sites for hydroxylation is 1. The first-order chi connectivity index (χ1) is 7.75. The molecule has 1 amide bonds. The lowest BCUT2D eigenvalue weighted by Gasteiger charge is -2.05. The van der Waals surface area contributed by atoms with Crippen LogP contribution in [0.15, 0.2) is 35.2 Å². The second-order valence-corrected chi connectivity index (χ2v) is 4.31. The van der Waals surface area contributed by atoms with Gasteiger partial charge >= 0.3 is 0 Å². The topological polar surface area (TPSA) is 42.0 Å². The fourth-order valence-corrected chi connectivity index (χ4v) is 2.04. The van der Waals surface area contributed by atoms with Gasteiger partial charge in [0.1, 0.15) is 5.82 Å². The Hall–Kier alpha value is -1.68. The van der Waals surface area contributed by atoms with Crippen LogP contribution >= 0.6 is 11.3 Å². The zero-order valence-corrected chi connectivity index (χ0v) is 9.75. The van der Waals surface area contributed by atoms with Crippen molar-refractivity contribution in [2.75, 3.05) is 5.32 Å². The number of amides is 1. The molecule has 0 saturated carbocycles. The number of hydrogen-bond donors (Lipinski definition) is 1. The maximum Gasteiger partial charge on any atom is 0.229 e. The van der Waals surface area contributed by atoms with Crippen LogP contribution in [-0.2, 0) is 11.2 Å². The Labute approximate surface area is 98.2 Å². The molecule has 0 aliphatic heterocycles. The highest BCUT2D eigenvalue weighted by Gasteiger charge is 2.06. The average Bonchev–Trinajstić information content (AvgIpc) is 2.74. The summed E-state index contributed by atoms with van der Waals surface area (Å²) in [7, 11) is 0. The molecule has 1 N–H and O–H groups in total. The quantitative estimate of drug-likeness (QED) is 0.884. The number of thiophene rings is 1. The Morgan fingerprint density at radius 1 is 1.50 bits per heavy atom. The lowest BCUT2D eigenvalue weighted by atomic mass is 10.2. The van der Waals surface area contributed by atoms with Gasteiger partial charge in [0.25, 0.3) is 0 Å². The van der Waals surface area contributed by atoms with Crippen LogP contribution in [0.25, 0.3) is 0 Å². The van der Waals surface area contributed by atoms with E-state index in [1.165, 1.54) is 0 Å². The summed E-state index contributed by atoms with van der Waals surface area (Å²) in [5.41, 5.74) is 2.01. The smallest absolute Gasteiger partial charge is 0.229 e. The van der Waals surface area contributed by atoms with Gasteiger partial charge in [-0.05, 0) is 40.9 Å². The molecule has 0 saturated heterocycles. The van der Waals surface area contributed by atoms with Crippen molar-refractivity contribution < 1.29 is 4.79 Å². The van der Waals surface area contributed by atoms with E-state index in [4.69, 9.17) is 0 Å². The maximum atomic E-state index is 11.7. The van der Waals surface area contributed by atoms with Crippen LogP contribution in [0.2, 0.25) is 0 Å². The standard InChI is InChI=1S/C12H12N2OS/c1-9-3-2-5-13-12(9)14-11(15)7-10-4-6-16-8-10/h2-6,8H,7H2,1H3,(H,13,14,15). The summed E-state index contributed by atoms with van der Waals surface area (Å²) in [5.74, 6) is 0.614. The molecule has 2 rings (SSSR count). The number of anilines is 1. The molecule has 0 aliphatic rings. The van der Waals surface area contributed by atoms with Crippen molar-refractivity contribution >= 4 is 23.1 Å². The largest absolute Gasteiger partial charge is 0.310 e. The van der Waals surface area contributed by atoms with Crippen molar-refractivity contribution in [3.8, 4) is 0 Å². The SMILES string of the molecule is Cc1cccnc1NC(=O)Cc1ccsc1. The molecule has 0 atom stereocenters. The lowest BCUT2D eigenvalue weighted by Crippen LogP contribution is -2.15. The molecule has 0 aromatic carbocycles. The van der Waals surface area contributed by atoms with Gasteiger partial charge < -0.3 is 5.32 Å². The summed E-state index contributed by atoms with van der Waals surface area (Å²) < 4.78 is 0. The van der Waals surface area contributed by atoms with Gasteiger partial charge in [0.05, 0.1) is 6.42 Å². The minimum Gasteiger partial charge on any atom is -0.310 e. The van der Waals surface area contributed by atoms with Gasteiger partial charge in [-0.15, -0.1) is 0 Å². The van der Waals surface area contributed by atoms with Crippen LogP contribution < -0.4 is 5.32 Å². The molecule has 0 spiro atoms. The number of carbonyl (C=O) groups excluding carboxylic acids is 1. The molecule has 0 unspecified atom stereocenters. The Morgan fingerprint density at radius 3 is 3.06 bits per heavy atom. The number of pyridine rings is 1. The predicted octanol–water partition coefficient (Wildman–Crippen LogP) is 2.63. The van der Waals surface area contributed by atoms with E-state index < -0.39 is 0 Å². The summed E-state index contributed by atoms with van der Waals surface area (Å²) in [6.07, 6.45) is 2.08. The van der Waals surface area contributed by atoms with E-state index in [1.807, 2.05) is 35.9 Å². The Balaban J connectivity index is 2.00. The minimum absolute atomic E-state index is 0.0276. The molecular weight excluding hydrogens is 220 g/mol. The number of hydrogen-bond acceptors (Lipinski definition) is 3. The predicted molar refractivity (Wildman–Crippen MR) is 65.6 cm³/mol. The minimum atomic E-state index is -0.0276. The zero-order chi connectivity index (χ0) is 11.4. The van der Waals surface area contributed by atoms with Crippen molar-refractivity contribution in [1.29, 1.82) is 0 Å². The molecule has 2 aromatic rings. The van der Waals surface area contributed by atoms with E-state index in [9.17, 15) is 4.79 Å². The van der Waals surface area contributed by atoms with E-state index in [0.717, 1.165) is 11.1 Å². The first-order valence-electron chi connectivity index (χ1n) is 4.98. The van der Waals surface area contributed by atoms with Gasteiger partial charge in [-0.25, -0.2) is 4.98 Å². The van der Waals surface area contributed by atoms with Gasteiger partial charge in [0, 0.05) is 6.20 Å². The van der Waals surface area contributed by atoms with Gasteiger partial charge in [-0.2, -0.15) is 11.3 Å². The lowest BCUT2D eigenvalue weighted by molar-refractivity contribution is -0.115. The third kappa shape index (κ3) is 2.67. The summed E-state index contributed by atoms with van der Waals surface area (Å²) in [4.78, 5) is 15.8. The van der Waals surface area contributed by atoms with E-state index in [0.29, 0.717) is 12.2 Å². The number of nitrogens with one attached hydrogen (secondary N) is 1. The zero-order valence-electron chi connectivity index (χ0n) is 8.93. The van der Waals surface area contributed by atoms with Crippen LogP contribution in [0.5, 0.6) is 0 Å². The highest BCUT2D eigenvalue weighted by atomic mass is 32.1. The fraction of sp³-hybridized carbons (Fsp3) is 0.167. The van der Waals surface area contributed by atoms with Crippen LogP contribution in [0.1, 0.15) is 11.1 Å². The highest BCUT2D eigenvalue weighted by molar-refractivity contribution is 7.08. The summed E-state index contributed by atoms with van der Waals surface area (Å²) in [5, 5.41) is 6.75. The molecule has 0 fully saturated rings. The van der Waals surface area contributed by atoms with Crippen LogP contribution in [0.4, 0.5) is 5.82 Å². The van der Waals surface area contributed by atoms with Gasteiger partial charge in [0.15, 0.2) is 0 Å². The molecule has 0 aliphatic carbocycles. The second kappa shape index (κ2) is 4.90. The average molecular weight is 232 g/mol. The molecule has 4 heteroatoms. The van der Waals surface area contributed by atoms with Crippen molar-refractivity contribution in [2.45, 2.75) is 13.3 Å². The first kappa shape index (κ1) is 10.8. The summed E-state index contributed by atoms with van der Waals surface area (Å²) in [6.45, 7) is 1.92. The highest BCUT2D eigenvalue weighted by Crippen LogP contribution is 2.11. The van der Waals surface area contributed by atoms with Crippen molar-refractivity contribution in [2.24, 2.45) is 0 Å². The summed E-state index contributed by atoms with van der Waals surface area (Å²) >= 11 is 1.60. The molecule has 82 valence electrons. The van der Waals surface area contributed by atoms with E-state index in [-0.39, 0.29) is 5.91 Å². The van der Waals surface area contributed by atoms with Gasteiger partial charge in [0.2, 0.25) is 5.91 Å². The van der Waals surface area contributed by atoms with Crippen molar-refractivity contribution in [3.05, 3.63) is 46.3 Å². The Morgan fingerprint density at radius 2 is 2.38 bits per heavy atom. The second-order valence-electron chi connectivity index (χ2n) is 3.53. The third-order valence-electron chi connectivity index (χ3n) is 2.21. The third-order valence-corrected chi connectivity index (χ3v) is 2.94. The van der Waals surface area contributed by atoms with Gasteiger partial charge in [-0.3, -0.25) is 4.79 Å². The number of carbonyl (C=O) groups is 1. The number of aromatic nitrogens is 1. The molecule has 0 radical (unpaired) electrons. The number of rotatable bonds is 3. The van der Waals surface area contributed by atoms with Crippen molar-refractivity contribution in [1.82, 2.24) is 4.98 Å². The van der Waals surface area contributed by atoms with E-state index >= 15 is 0 Å². The molecule has 0 bridgehead atoms. The van der Waals surface area contributed by atoms with Gasteiger partial charge in [-0.1, -0.05) is 6.07 Å². The monoisotopic (exact) mass is 232 g/mol.